The number of epoxide rings is 1. The average molecular weight is 112 g/mol. The van der Waals surface area contributed by atoms with Crippen LogP contribution in [0, 0.1) is 0 Å². The maximum Gasteiger partial charge on any atom is 0.167 e. The number of hydrogen-bond acceptors (Lipinski definition) is 2. The molecule has 1 spiro atoms. The summed E-state index contributed by atoms with van der Waals surface area (Å²) in [5.74, 6) is 0.331. The van der Waals surface area contributed by atoms with E-state index in [2.05, 4.69) is 0 Å². The Hall–Kier alpha value is -0.370. The van der Waals surface area contributed by atoms with Gasteiger partial charge in [0.15, 0.2) is 5.78 Å². The van der Waals surface area contributed by atoms with E-state index in [1.54, 1.807) is 0 Å². The highest BCUT2D eigenvalue weighted by molar-refractivity contribution is 5.91. The Kier molecular flexibility index (Phi) is 0.637. The monoisotopic (exact) mass is 112 g/mol. The van der Waals surface area contributed by atoms with E-state index < -0.39 is 0 Å². The van der Waals surface area contributed by atoms with E-state index in [4.69, 9.17) is 4.74 Å². The van der Waals surface area contributed by atoms with Crippen molar-refractivity contribution in [2.24, 2.45) is 0 Å². The van der Waals surface area contributed by atoms with Gasteiger partial charge in [0.1, 0.15) is 5.60 Å². The zero-order valence-corrected chi connectivity index (χ0v) is 4.64. The number of Topliss-reactive ketones (excluding diaryl/α,β-unsaturated/α-hetero) is 1. The third-order valence-corrected chi connectivity index (χ3v) is 1.99. The minimum atomic E-state index is -0.236. The Morgan fingerprint density at radius 3 is 2.62 bits per heavy atom. The first kappa shape index (κ1) is 4.50. The Morgan fingerprint density at radius 2 is 2.38 bits per heavy atom. The molecule has 0 aromatic rings. The standard InChI is InChI=1S/C6H8O2/c7-5-2-1-3-6(5)4-8-6/h1-4H2. The molecule has 2 rings (SSSR count). The van der Waals surface area contributed by atoms with Crippen LogP contribution in [0.1, 0.15) is 19.3 Å². The quantitative estimate of drug-likeness (QED) is 0.427. The molecule has 0 bridgehead atoms. The summed E-state index contributed by atoms with van der Waals surface area (Å²) in [6.07, 6.45) is 2.77. The minimum Gasteiger partial charge on any atom is -0.361 e. The van der Waals surface area contributed by atoms with Crippen LogP contribution in [0.25, 0.3) is 0 Å². The van der Waals surface area contributed by atoms with Crippen LogP contribution in [0.4, 0.5) is 0 Å². The summed E-state index contributed by atoms with van der Waals surface area (Å²) in [4.78, 5) is 10.8. The average Bonchev–Trinajstić information content (AvgIpc) is 2.39. The molecular weight excluding hydrogens is 104 g/mol. The fourth-order valence-electron chi connectivity index (χ4n) is 1.29. The summed E-state index contributed by atoms with van der Waals surface area (Å²) in [6, 6.07) is 0. The van der Waals surface area contributed by atoms with E-state index in [9.17, 15) is 4.79 Å². The van der Waals surface area contributed by atoms with E-state index in [1.165, 1.54) is 0 Å². The fourth-order valence-corrected chi connectivity index (χ4v) is 1.29. The van der Waals surface area contributed by atoms with Gasteiger partial charge in [-0.05, 0) is 12.8 Å². The summed E-state index contributed by atoms with van der Waals surface area (Å²) in [5, 5.41) is 0. The Bertz CT molecular complexity index is 135. The smallest absolute Gasteiger partial charge is 0.167 e. The summed E-state index contributed by atoms with van der Waals surface area (Å²) >= 11 is 0. The third-order valence-electron chi connectivity index (χ3n) is 1.99. The minimum absolute atomic E-state index is 0.236. The lowest BCUT2D eigenvalue weighted by Crippen LogP contribution is -2.15. The zero-order valence-electron chi connectivity index (χ0n) is 4.64. The SMILES string of the molecule is O=C1CCCC12CO2. The zero-order chi connectivity index (χ0) is 5.61. The number of rotatable bonds is 0. The highest BCUT2D eigenvalue weighted by Gasteiger charge is 2.53. The van der Waals surface area contributed by atoms with Gasteiger partial charge in [-0.25, -0.2) is 0 Å². The van der Waals surface area contributed by atoms with Crippen LogP contribution in [0.5, 0.6) is 0 Å². The molecule has 0 aromatic carbocycles. The second-order valence-electron chi connectivity index (χ2n) is 2.56. The van der Waals surface area contributed by atoms with Gasteiger partial charge in [0, 0.05) is 6.42 Å². The molecule has 0 amide bonds. The predicted molar refractivity (Wildman–Crippen MR) is 27.5 cm³/mol. The molecule has 1 atom stereocenters. The summed E-state index contributed by atoms with van der Waals surface area (Å²) in [7, 11) is 0. The van der Waals surface area contributed by atoms with Gasteiger partial charge in [-0.2, -0.15) is 0 Å². The molecule has 0 aromatic heterocycles. The van der Waals surface area contributed by atoms with Crippen molar-refractivity contribution in [3.05, 3.63) is 0 Å². The molecule has 0 N–H and O–H groups in total. The Morgan fingerprint density at radius 1 is 1.62 bits per heavy atom. The largest absolute Gasteiger partial charge is 0.361 e. The van der Waals surface area contributed by atoms with Crippen molar-refractivity contribution in [1.29, 1.82) is 0 Å². The highest BCUT2D eigenvalue weighted by Crippen LogP contribution is 2.40. The van der Waals surface area contributed by atoms with Crippen molar-refractivity contribution in [3.8, 4) is 0 Å². The number of ketones is 1. The molecule has 1 heterocycles. The molecule has 1 aliphatic heterocycles. The van der Waals surface area contributed by atoms with Crippen molar-refractivity contribution in [1.82, 2.24) is 0 Å². The van der Waals surface area contributed by atoms with Gasteiger partial charge in [-0.1, -0.05) is 0 Å². The molecule has 2 nitrogen and oxygen atoms in total. The van der Waals surface area contributed by atoms with Gasteiger partial charge in [0.2, 0.25) is 0 Å². The summed E-state index contributed by atoms with van der Waals surface area (Å²) in [6.45, 7) is 0.700. The number of carbonyl (C=O) groups is 1. The molecule has 1 aliphatic carbocycles. The van der Waals surface area contributed by atoms with Crippen LogP contribution >= 0.6 is 0 Å². The van der Waals surface area contributed by atoms with Crippen molar-refractivity contribution in [2.45, 2.75) is 24.9 Å². The molecule has 2 aliphatic rings. The second-order valence-corrected chi connectivity index (χ2v) is 2.56. The third kappa shape index (κ3) is 0.388. The van der Waals surface area contributed by atoms with E-state index in [0.29, 0.717) is 12.4 Å². The fraction of sp³-hybridized carbons (Fsp3) is 0.833. The van der Waals surface area contributed by atoms with Gasteiger partial charge < -0.3 is 4.74 Å². The first-order valence-corrected chi connectivity index (χ1v) is 3.01. The Labute approximate surface area is 47.8 Å². The first-order chi connectivity index (χ1) is 3.83. The molecule has 1 unspecified atom stereocenters. The van der Waals surface area contributed by atoms with Gasteiger partial charge >= 0.3 is 0 Å². The van der Waals surface area contributed by atoms with Crippen molar-refractivity contribution < 1.29 is 9.53 Å². The lowest BCUT2D eigenvalue weighted by Gasteiger charge is -1.92. The van der Waals surface area contributed by atoms with E-state index in [1.807, 2.05) is 0 Å². The molecule has 2 fully saturated rings. The van der Waals surface area contributed by atoms with Crippen molar-refractivity contribution in [3.63, 3.8) is 0 Å². The maximum atomic E-state index is 10.8. The predicted octanol–water partition coefficient (Wildman–Crippen LogP) is 0.508. The topological polar surface area (TPSA) is 29.6 Å². The molecular formula is C6H8O2. The molecule has 2 heteroatoms. The molecule has 1 saturated heterocycles. The van der Waals surface area contributed by atoms with E-state index in [-0.39, 0.29) is 5.60 Å². The van der Waals surface area contributed by atoms with Crippen LogP contribution in [0.2, 0.25) is 0 Å². The molecule has 0 radical (unpaired) electrons. The Balaban J connectivity index is 2.23. The highest BCUT2D eigenvalue weighted by atomic mass is 16.6. The van der Waals surface area contributed by atoms with E-state index >= 15 is 0 Å². The first-order valence-electron chi connectivity index (χ1n) is 3.01. The lowest BCUT2D eigenvalue weighted by atomic mass is 10.1. The molecule has 44 valence electrons. The van der Waals surface area contributed by atoms with Crippen LogP contribution < -0.4 is 0 Å². The van der Waals surface area contributed by atoms with E-state index in [0.717, 1.165) is 19.3 Å². The lowest BCUT2D eigenvalue weighted by molar-refractivity contribution is -0.121. The second kappa shape index (κ2) is 1.13. The summed E-state index contributed by atoms with van der Waals surface area (Å²) < 4.78 is 5.02. The maximum absolute atomic E-state index is 10.8. The van der Waals surface area contributed by atoms with Crippen molar-refractivity contribution >= 4 is 5.78 Å². The number of ether oxygens (including phenoxy) is 1. The number of hydrogen-bond donors (Lipinski definition) is 0. The summed E-state index contributed by atoms with van der Waals surface area (Å²) in [5.41, 5.74) is -0.236. The van der Waals surface area contributed by atoms with Crippen LogP contribution in [0.15, 0.2) is 0 Å². The van der Waals surface area contributed by atoms with Crippen LogP contribution in [-0.4, -0.2) is 18.0 Å². The molecule has 1 saturated carbocycles. The van der Waals surface area contributed by atoms with Crippen LogP contribution in [-0.2, 0) is 9.53 Å². The molecule has 8 heavy (non-hydrogen) atoms. The normalized spacial score (nSPS) is 43.8. The number of carbonyl (C=O) groups excluding carboxylic acids is 1. The van der Waals surface area contributed by atoms with Gasteiger partial charge in [0.05, 0.1) is 6.61 Å². The van der Waals surface area contributed by atoms with Gasteiger partial charge in [0.25, 0.3) is 0 Å². The van der Waals surface area contributed by atoms with Crippen LogP contribution in [0.3, 0.4) is 0 Å². The van der Waals surface area contributed by atoms with Gasteiger partial charge in [-0.15, -0.1) is 0 Å². The van der Waals surface area contributed by atoms with Crippen molar-refractivity contribution in [2.75, 3.05) is 6.61 Å². The van der Waals surface area contributed by atoms with Gasteiger partial charge in [-0.3, -0.25) is 4.79 Å².